The Morgan fingerprint density at radius 2 is 2.00 bits per heavy atom. The minimum Gasteiger partial charge on any atom is -0.508 e. The van der Waals surface area contributed by atoms with Crippen molar-refractivity contribution in [2.75, 3.05) is 7.05 Å². The lowest BCUT2D eigenvalue weighted by atomic mass is 10.2. The number of phenolic OH excluding ortho intramolecular Hbond substituents is 1. The highest BCUT2D eigenvalue weighted by atomic mass is 16.3. The summed E-state index contributed by atoms with van der Waals surface area (Å²) in [5.41, 5.74) is 2.15. The van der Waals surface area contributed by atoms with Gasteiger partial charge in [0.05, 0.1) is 12.2 Å². The summed E-state index contributed by atoms with van der Waals surface area (Å²) in [5.74, 6) is 0.292. The van der Waals surface area contributed by atoms with E-state index in [1.807, 2.05) is 36.1 Å². The third-order valence-electron chi connectivity index (χ3n) is 2.33. The van der Waals surface area contributed by atoms with Crippen LogP contribution in [0.1, 0.15) is 11.3 Å². The first-order chi connectivity index (χ1) is 7.78. The topological polar surface area (TPSA) is 50.1 Å². The summed E-state index contributed by atoms with van der Waals surface area (Å²) in [5, 5.41) is 16.6. The third kappa shape index (κ3) is 2.61. The summed E-state index contributed by atoms with van der Waals surface area (Å²) in [6.07, 6.45) is 1.96. The van der Waals surface area contributed by atoms with Crippen molar-refractivity contribution in [2.45, 2.75) is 13.1 Å². The number of nitrogens with zero attached hydrogens (tertiary/aromatic N) is 2. The molecule has 84 valence electrons. The maximum absolute atomic E-state index is 9.17. The van der Waals surface area contributed by atoms with E-state index in [1.54, 1.807) is 12.1 Å². The number of benzene rings is 1. The van der Waals surface area contributed by atoms with E-state index in [2.05, 4.69) is 10.4 Å². The zero-order valence-electron chi connectivity index (χ0n) is 9.22. The van der Waals surface area contributed by atoms with Gasteiger partial charge in [0, 0.05) is 12.7 Å². The van der Waals surface area contributed by atoms with E-state index < -0.39 is 0 Å². The van der Waals surface area contributed by atoms with Crippen LogP contribution in [0.4, 0.5) is 0 Å². The molecule has 4 heteroatoms. The number of phenols is 1. The summed E-state index contributed by atoms with van der Waals surface area (Å²) < 4.78 is 1.89. The van der Waals surface area contributed by atoms with Gasteiger partial charge >= 0.3 is 0 Å². The Labute approximate surface area is 94.5 Å². The summed E-state index contributed by atoms with van der Waals surface area (Å²) in [6, 6.07) is 9.17. The second-order valence-corrected chi connectivity index (χ2v) is 3.70. The van der Waals surface area contributed by atoms with E-state index in [4.69, 9.17) is 5.11 Å². The van der Waals surface area contributed by atoms with Crippen molar-refractivity contribution in [3.05, 3.63) is 47.8 Å². The summed E-state index contributed by atoms with van der Waals surface area (Å²) in [6.45, 7) is 1.51. The van der Waals surface area contributed by atoms with Crippen LogP contribution in [-0.4, -0.2) is 21.9 Å². The van der Waals surface area contributed by atoms with Gasteiger partial charge in [-0.1, -0.05) is 12.1 Å². The van der Waals surface area contributed by atoms with Crippen LogP contribution in [0.15, 0.2) is 36.5 Å². The molecule has 0 saturated carbocycles. The van der Waals surface area contributed by atoms with Crippen LogP contribution in [-0.2, 0) is 13.1 Å². The Morgan fingerprint density at radius 3 is 2.69 bits per heavy atom. The van der Waals surface area contributed by atoms with Gasteiger partial charge in [-0.15, -0.1) is 0 Å². The maximum atomic E-state index is 9.17. The Hall–Kier alpha value is -1.81. The predicted molar refractivity (Wildman–Crippen MR) is 62.2 cm³/mol. The number of rotatable bonds is 4. The molecule has 16 heavy (non-hydrogen) atoms. The molecule has 2 aromatic rings. The fraction of sp³-hybridized carbons (Fsp3) is 0.250. The standard InChI is InChI=1S/C12H15N3O/c1-13-8-11-6-7-15(14-11)9-10-2-4-12(16)5-3-10/h2-7,13,16H,8-9H2,1H3. The van der Waals surface area contributed by atoms with Crippen molar-refractivity contribution >= 4 is 0 Å². The second-order valence-electron chi connectivity index (χ2n) is 3.70. The molecule has 1 aromatic heterocycles. The van der Waals surface area contributed by atoms with Crippen molar-refractivity contribution in [2.24, 2.45) is 0 Å². The van der Waals surface area contributed by atoms with E-state index in [0.29, 0.717) is 5.75 Å². The fourth-order valence-electron chi connectivity index (χ4n) is 1.56. The van der Waals surface area contributed by atoms with Crippen LogP contribution in [0.3, 0.4) is 0 Å². The van der Waals surface area contributed by atoms with Crippen LogP contribution in [0.5, 0.6) is 5.75 Å². The molecule has 0 saturated heterocycles. The number of aromatic nitrogens is 2. The zero-order valence-corrected chi connectivity index (χ0v) is 9.22. The molecule has 0 fully saturated rings. The Morgan fingerprint density at radius 1 is 1.25 bits per heavy atom. The summed E-state index contributed by atoms with van der Waals surface area (Å²) in [4.78, 5) is 0. The molecular weight excluding hydrogens is 202 g/mol. The minimum atomic E-state index is 0.292. The lowest BCUT2D eigenvalue weighted by molar-refractivity contribution is 0.475. The molecule has 0 unspecified atom stereocenters. The van der Waals surface area contributed by atoms with Crippen molar-refractivity contribution in [3.8, 4) is 5.75 Å². The third-order valence-corrected chi connectivity index (χ3v) is 2.33. The molecule has 0 atom stereocenters. The number of hydrogen-bond acceptors (Lipinski definition) is 3. The highest BCUT2D eigenvalue weighted by molar-refractivity contribution is 5.25. The van der Waals surface area contributed by atoms with Crippen LogP contribution in [0.2, 0.25) is 0 Å². The Balaban J connectivity index is 2.05. The zero-order chi connectivity index (χ0) is 11.4. The molecule has 2 rings (SSSR count). The molecule has 0 aliphatic heterocycles. The van der Waals surface area contributed by atoms with Gasteiger partial charge in [-0.2, -0.15) is 5.10 Å². The number of nitrogens with one attached hydrogen (secondary N) is 1. The van der Waals surface area contributed by atoms with Gasteiger partial charge in [-0.25, -0.2) is 0 Å². The normalized spacial score (nSPS) is 10.6. The Bertz CT molecular complexity index is 448. The van der Waals surface area contributed by atoms with Crippen molar-refractivity contribution in [3.63, 3.8) is 0 Å². The van der Waals surface area contributed by atoms with E-state index >= 15 is 0 Å². The van der Waals surface area contributed by atoms with Crippen LogP contribution >= 0.6 is 0 Å². The van der Waals surface area contributed by atoms with Gasteiger partial charge in [-0.05, 0) is 30.8 Å². The molecule has 0 radical (unpaired) electrons. The summed E-state index contributed by atoms with van der Waals surface area (Å²) >= 11 is 0. The smallest absolute Gasteiger partial charge is 0.115 e. The minimum absolute atomic E-state index is 0.292. The first-order valence-corrected chi connectivity index (χ1v) is 5.23. The molecule has 1 heterocycles. The van der Waals surface area contributed by atoms with Crippen LogP contribution in [0, 0.1) is 0 Å². The predicted octanol–water partition coefficient (Wildman–Crippen LogP) is 1.36. The van der Waals surface area contributed by atoms with Gasteiger partial charge in [-0.3, -0.25) is 4.68 Å². The van der Waals surface area contributed by atoms with E-state index in [9.17, 15) is 0 Å². The Kier molecular flexibility index (Phi) is 3.22. The first-order valence-electron chi connectivity index (χ1n) is 5.23. The van der Waals surface area contributed by atoms with Crippen molar-refractivity contribution in [1.29, 1.82) is 0 Å². The first kappa shape index (κ1) is 10.7. The molecule has 0 bridgehead atoms. The fourth-order valence-corrected chi connectivity index (χ4v) is 1.56. The largest absolute Gasteiger partial charge is 0.508 e. The average molecular weight is 217 g/mol. The monoisotopic (exact) mass is 217 g/mol. The summed E-state index contributed by atoms with van der Waals surface area (Å²) in [7, 11) is 1.90. The number of aromatic hydroxyl groups is 1. The average Bonchev–Trinajstić information content (AvgIpc) is 2.70. The van der Waals surface area contributed by atoms with Crippen LogP contribution < -0.4 is 5.32 Å². The highest BCUT2D eigenvalue weighted by Crippen LogP contribution is 2.10. The second kappa shape index (κ2) is 4.81. The SMILES string of the molecule is CNCc1ccn(Cc2ccc(O)cc2)n1. The molecule has 1 aromatic carbocycles. The lowest BCUT2D eigenvalue weighted by Gasteiger charge is -2.02. The highest BCUT2D eigenvalue weighted by Gasteiger charge is 1.99. The van der Waals surface area contributed by atoms with E-state index in [-0.39, 0.29) is 0 Å². The number of hydrogen-bond donors (Lipinski definition) is 2. The van der Waals surface area contributed by atoms with Crippen LogP contribution in [0.25, 0.3) is 0 Å². The molecular formula is C12H15N3O. The van der Waals surface area contributed by atoms with Crippen molar-refractivity contribution < 1.29 is 5.11 Å². The van der Waals surface area contributed by atoms with E-state index in [1.165, 1.54) is 0 Å². The van der Waals surface area contributed by atoms with Gasteiger partial charge in [0.15, 0.2) is 0 Å². The molecule has 0 aliphatic rings. The molecule has 0 aliphatic carbocycles. The maximum Gasteiger partial charge on any atom is 0.115 e. The molecule has 0 amide bonds. The molecule has 4 nitrogen and oxygen atoms in total. The van der Waals surface area contributed by atoms with E-state index in [0.717, 1.165) is 24.3 Å². The van der Waals surface area contributed by atoms with Gasteiger partial charge in [0.2, 0.25) is 0 Å². The molecule has 0 spiro atoms. The van der Waals surface area contributed by atoms with Crippen molar-refractivity contribution in [1.82, 2.24) is 15.1 Å². The van der Waals surface area contributed by atoms with Gasteiger partial charge in [0.1, 0.15) is 5.75 Å². The lowest BCUT2D eigenvalue weighted by Crippen LogP contribution is -2.07. The van der Waals surface area contributed by atoms with Gasteiger partial charge < -0.3 is 10.4 Å². The van der Waals surface area contributed by atoms with Gasteiger partial charge in [0.25, 0.3) is 0 Å². The quantitative estimate of drug-likeness (QED) is 0.813. The molecule has 2 N–H and O–H groups in total.